The van der Waals surface area contributed by atoms with E-state index < -0.39 is 33.8 Å². The largest absolute Gasteiger partial charge is 0.507 e. The van der Waals surface area contributed by atoms with Gasteiger partial charge in [-0.3, -0.25) is 24.5 Å². The molecule has 2 atom stereocenters. The Bertz CT molecular complexity index is 2140. The number of non-ortho nitro benzene ring substituents is 1. The summed E-state index contributed by atoms with van der Waals surface area (Å²) in [7, 11) is 0. The number of nitro groups is 1. The second-order valence-electron chi connectivity index (χ2n) is 11.7. The summed E-state index contributed by atoms with van der Waals surface area (Å²) in [5.41, 5.74) is 4.38. The summed E-state index contributed by atoms with van der Waals surface area (Å²) in [4.78, 5) is 54.4. The van der Waals surface area contributed by atoms with Crippen molar-refractivity contribution in [1.82, 2.24) is 5.43 Å². The highest BCUT2D eigenvalue weighted by Crippen LogP contribution is 2.63. The summed E-state index contributed by atoms with van der Waals surface area (Å²) in [6, 6.07) is 31.6. The van der Waals surface area contributed by atoms with Gasteiger partial charge in [-0.1, -0.05) is 84.9 Å². The minimum atomic E-state index is -1.24. The van der Waals surface area contributed by atoms with Crippen LogP contribution >= 0.6 is 0 Å². The standard InChI is InChI=1S/C36H24N4O6/c41-29-17-16-21(40(45)46)18-25(29)33(42)38-37-19-36-26-13-5-3-11-23(26)30(24-12-4-6-14-27(24)36)31-32(36)35(44)39(34(31)43)28-15-7-9-20-8-1-2-10-22(20)28/h1-19,30-32,41H,(H,38,42)/b37-19-/t30?,31-,32-,36?/m0/s1. The number of hydrazone groups is 1. The van der Waals surface area contributed by atoms with Gasteiger partial charge in [0.1, 0.15) is 5.75 Å². The van der Waals surface area contributed by atoms with Crippen LogP contribution in [0, 0.1) is 22.0 Å². The molecule has 0 spiro atoms. The van der Waals surface area contributed by atoms with Crippen molar-refractivity contribution in [2.45, 2.75) is 11.3 Å². The summed E-state index contributed by atoms with van der Waals surface area (Å²) in [5, 5.41) is 27.6. The number of carbonyl (C=O) groups is 3. The lowest BCUT2D eigenvalue weighted by atomic mass is 9.47. The van der Waals surface area contributed by atoms with E-state index in [9.17, 15) is 29.6 Å². The van der Waals surface area contributed by atoms with Crippen LogP contribution in [0.25, 0.3) is 10.8 Å². The molecule has 46 heavy (non-hydrogen) atoms. The number of nitrogens with one attached hydrogen (secondary N) is 1. The van der Waals surface area contributed by atoms with E-state index in [0.717, 1.165) is 51.2 Å². The second-order valence-corrected chi connectivity index (χ2v) is 11.7. The average molecular weight is 609 g/mol. The molecule has 0 aromatic heterocycles. The fourth-order valence-corrected chi connectivity index (χ4v) is 7.76. The number of fused-ring (bicyclic) bond motifs is 1. The van der Waals surface area contributed by atoms with Crippen molar-refractivity contribution in [2.24, 2.45) is 16.9 Å². The molecule has 3 aliphatic carbocycles. The number of aromatic hydroxyl groups is 1. The summed E-state index contributed by atoms with van der Waals surface area (Å²) < 4.78 is 0. The Kier molecular flexibility index (Phi) is 5.91. The summed E-state index contributed by atoms with van der Waals surface area (Å²) in [6.07, 6.45) is 1.50. The first kappa shape index (κ1) is 27.4. The van der Waals surface area contributed by atoms with E-state index in [4.69, 9.17) is 0 Å². The number of benzene rings is 5. The molecule has 1 fully saturated rings. The Hall–Kier alpha value is -6.16. The zero-order chi connectivity index (χ0) is 31.7. The zero-order valence-electron chi connectivity index (χ0n) is 24.0. The number of hydrogen-bond acceptors (Lipinski definition) is 7. The van der Waals surface area contributed by atoms with Crippen LogP contribution in [0.15, 0.2) is 114 Å². The predicted molar refractivity (Wildman–Crippen MR) is 170 cm³/mol. The van der Waals surface area contributed by atoms with E-state index >= 15 is 0 Å². The number of nitro benzene ring substituents is 1. The molecule has 9 rings (SSSR count). The van der Waals surface area contributed by atoms with Gasteiger partial charge in [0.15, 0.2) is 0 Å². The summed E-state index contributed by atoms with van der Waals surface area (Å²) >= 11 is 0. The number of imide groups is 1. The van der Waals surface area contributed by atoms with E-state index in [0.29, 0.717) is 5.69 Å². The molecule has 224 valence electrons. The summed E-state index contributed by atoms with van der Waals surface area (Å²) in [5.74, 6) is -3.98. The van der Waals surface area contributed by atoms with Gasteiger partial charge >= 0.3 is 0 Å². The van der Waals surface area contributed by atoms with Crippen LogP contribution in [0.5, 0.6) is 5.75 Å². The average Bonchev–Trinajstić information content (AvgIpc) is 3.34. The molecular weight excluding hydrogens is 584 g/mol. The summed E-state index contributed by atoms with van der Waals surface area (Å²) in [6.45, 7) is 0. The molecule has 10 nitrogen and oxygen atoms in total. The van der Waals surface area contributed by atoms with Gasteiger partial charge in [0.2, 0.25) is 11.8 Å². The van der Waals surface area contributed by atoms with Gasteiger partial charge in [-0.05, 0) is 39.8 Å². The first-order chi connectivity index (χ1) is 22.3. The Balaban J connectivity index is 1.29. The van der Waals surface area contributed by atoms with E-state index in [2.05, 4.69) is 10.5 Å². The van der Waals surface area contributed by atoms with Crippen molar-refractivity contribution < 1.29 is 24.4 Å². The Labute approximate surface area is 261 Å². The number of nitrogens with zero attached hydrogens (tertiary/aromatic N) is 3. The Morgan fingerprint density at radius 3 is 2.24 bits per heavy atom. The fourth-order valence-electron chi connectivity index (χ4n) is 7.76. The van der Waals surface area contributed by atoms with E-state index in [1.54, 1.807) is 6.07 Å². The van der Waals surface area contributed by atoms with Crippen LogP contribution in [-0.4, -0.2) is 34.0 Å². The Morgan fingerprint density at radius 1 is 0.870 bits per heavy atom. The van der Waals surface area contributed by atoms with Crippen molar-refractivity contribution in [3.8, 4) is 5.75 Å². The number of hydrogen-bond donors (Lipinski definition) is 2. The van der Waals surface area contributed by atoms with Gasteiger partial charge in [-0.15, -0.1) is 0 Å². The highest BCUT2D eigenvalue weighted by molar-refractivity contribution is 6.27. The zero-order valence-corrected chi connectivity index (χ0v) is 24.0. The topological polar surface area (TPSA) is 142 Å². The molecule has 2 bridgehead atoms. The molecule has 10 heteroatoms. The van der Waals surface area contributed by atoms with Crippen molar-refractivity contribution in [1.29, 1.82) is 0 Å². The number of phenolic OH excluding ortho intramolecular Hbond substituents is 1. The smallest absolute Gasteiger partial charge is 0.275 e. The number of phenols is 1. The fraction of sp³-hybridized carbons (Fsp3) is 0.111. The lowest BCUT2D eigenvalue weighted by Gasteiger charge is -2.52. The maximum atomic E-state index is 14.7. The molecule has 1 saturated heterocycles. The van der Waals surface area contributed by atoms with Crippen molar-refractivity contribution in [3.05, 3.63) is 147 Å². The molecule has 2 N–H and O–H groups in total. The first-order valence-electron chi connectivity index (χ1n) is 14.7. The third kappa shape index (κ3) is 3.64. The number of rotatable bonds is 5. The third-order valence-electron chi connectivity index (χ3n) is 9.56. The van der Waals surface area contributed by atoms with E-state index in [-0.39, 0.29) is 29.0 Å². The third-order valence-corrected chi connectivity index (χ3v) is 9.56. The molecule has 0 radical (unpaired) electrons. The van der Waals surface area contributed by atoms with E-state index in [1.807, 2.05) is 84.9 Å². The molecule has 1 heterocycles. The van der Waals surface area contributed by atoms with Gasteiger partial charge in [0.05, 0.1) is 33.4 Å². The molecule has 5 aromatic rings. The maximum Gasteiger partial charge on any atom is 0.275 e. The monoisotopic (exact) mass is 608 g/mol. The van der Waals surface area contributed by atoms with Crippen LogP contribution in [0.4, 0.5) is 11.4 Å². The van der Waals surface area contributed by atoms with Gasteiger partial charge in [0.25, 0.3) is 11.6 Å². The first-order valence-corrected chi connectivity index (χ1v) is 14.7. The molecule has 5 aromatic carbocycles. The molecule has 0 saturated carbocycles. The number of carbonyl (C=O) groups excluding carboxylic acids is 3. The lowest BCUT2D eigenvalue weighted by Crippen LogP contribution is -2.54. The minimum absolute atomic E-state index is 0.302. The van der Waals surface area contributed by atoms with E-state index in [1.165, 1.54) is 11.1 Å². The number of anilines is 1. The molecular formula is C36H24N4O6. The normalized spacial score (nSPS) is 22.5. The predicted octanol–water partition coefficient (Wildman–Crippen LogP) is 5.42. The SMILES string of the molecule is O=C(N/N=C\C12c3ccccc3C(c3ccccc31)[C@@H]1C(=O)N(c3cccc4ccccc34)C(=O)[C@H]12)c1cc([N+](=O)[O-])ccc1O. The maximum absolute atomic E-state index is 14.7. The van der Waals surface area contributed by atoms with Crippen LogP contribution in [-0.2, 0) is 15.0 Å². The molecule has 1 aliphatic heterocycles. The quantitative estimate of drug-likeness (QED) is 0.118. The second kappa shape index (κ2) is 9.93. The molecule has 4 aliphatic rings. The molecule has 3 amide bonds. The number of amides is 3. The van der Waals surface area contributed by atoms with Crippen LogP contribution in [0.2, 0.25) is 0 Å². The van der Waals surface area contributed by atoms with Gasteiger partial charge in [0, 0.05) is 29.7 Å². The highest BCUT2D eigenvalue weighted by Gasteiger charge is 2.68. The van der Waals surface area contributed by atoms with Crippen LogP contribution in [0.3, 0.4) is 0 Å². The minimum Gasteiger partial charge on any atom is -0.507 e. The highest BCUT2D eigenvalue weighted by atomic mass is 16.6. The van der Waals surface area contributed by atoms with Crippen molar-refractivity contribution in [2.75, 3.05) is 4.90 Å². The van der Waals surface area contributed by atoms with Crippen molar-refractivity contribution in [3.63, 3.8) is 0 Å². The van der Waals surface area contributed by atoms with Gasteiger partial charge in [-0.25, -0.2) is 10.3 Å². The van der Waals surface area contributed by atoms with Gasteiger partial charge in [-0.2, -0.15) is 5.10 Å². The van der Waals surface area contributed by atoms with Crippen LogP contribution in [0.1, 0.15) is 38.5 Å². The van der Waals surface area contributed by atoms with Crippen molar-refractivity contribution >= 4 is 46.1 Å². The van der Waals surface area contributed by atoms with Crippen LogP contribution < -0.4 is 10.3 Å². The lowest BCUT2D eigenvalue weighted by molar-refractivity contribution is -0.384. The van der Waals surface area contributed by atoms with Gasteiger partial charge < -0.3 is 5.11 Å². The molecule has 0 unspecified atom stereocenters. The Morgan fingerprint density at radius 2 is 1.52 bits per heavy atom.